The Hall–Kier alpha value is -0.240. The highest BCUT2D eigenvalue weighted by Crippen LogP contribution is 2.13. The lowest BCUT2D eigenvalue weighted by atomic mass is 10.1. The van der Waals surface area contributed by atoms with Crippen LogP contribution < -0.4 is 0 Å². The molecule has 0 bridgehead atoms. The maximum atomic E-state index is 11.5. The highest BCUT2D eigenvalue weighted by atomic mass is 32.2. The van der Waals surface area contributed by atoms with E-state index in [1.165, 1.54) is 69.5 Å². The lowest BCUT2D eigenvalue weighted by molar-refractivity contribution is -0.111. The van der Waals surface area contributed by atoms with Gasteiger partial charge in [0.25, 0.3) is 0 Å². The standard InChI is InChI=1S/C17H32OS/c1-3-5-7-9-10-11-12-14-16-19-17(18)15-13-8-6-4-2/h14,16H,3-13,15H2,1-2H3/b16-14-. The van der Waals surface area contributed by atoms with Crippen molar-refractivity contribution in [1.82, 2.24) is 0 Å². The predicted molar refractivity (Wildman–Crippen MR) is 88.5 cm³/mol. The highest BCUT2D eigenvalue weighted by molar-refractivity contribution is 8.16. The van der Waals surface area contributed by atoms with Gasteiger partial charge in [0, 0.05) is 6.42 Å². The minimum Gasteiger partial charge on any atom is -0.287 e. The van der Waals surface area contributed by atoms with Gasteiger partial charge in [-0.15, -0.1) is 0 Å². The summed E-state index contributed by atoms with van der Waals surface area (Å²) in [6.07, 6.45) is 16.8. The van der Waals surface area contributed by atoms with E-state index in [-0.39, 0.29) is 0 Å². The van der Waals surface area contributed by atoms with Gasteiger partial charge in [-0.3, -0.25) is 4.79 Å². The average molecular weight is 285 g/mol. The molecule has 2 heteroatoms. The normalized spacial score (nSPS) is 11.3. The van der Waals surface area contributed by atoms with Crippen molar-refractivity contribution in [3.05, 3.63) is 11.5 Å². The minimum absolute atomic E-state index is 0.329. The third kappa shape index (κ3) is 15.7. The molecule has 0 N–H and O–H groups in total. The van der Waals surface area contributed by atoms with Crippen LogP contribution in [0.2, 0.25) is 0 Å². The molecule has 0 amide bonds. The number of carbonyl (C=O) groups is 1. The Morgan fingerprint density at radius 2 is 1.42 bits per heavy atom. The zero-order chi connectivity index (χ0) is 14.2. The van der Waals surface area contributed by atoms with Crippen molar-refractivity contribution in [2.75, 3.05) is 0 Å². The highest BCUT2D eigenvalue weighted by Gasteiger charge is 1.99. The van der Waals surface area contributed by atoms with Gasteiger partial charge < -0.3 is 0 Å². The first-order valence-corrected chi connectivity index (χ1v) is 9.03. The molecule has 0 aliphatic carbocycles. The summed E-state index contributed by atoms with van der Waals surface area (Å²) in [7, 11) is 0. The smallest absolute Gasteiger partial charge is 0.193 e. The van der Waals surface area contributed by atoms with Crippen LogP contribution in [0.25, 0.3) is 0 Å². The largest absolute Gasteiger partial charge is 0.287 e. The van der Waals surface area contributed by atoms with Crippen LogP contribution in [0.15, 0.2) is 11.5 Å². The second-order valence-corrected chi connectivity index (χ2v) is 6.19. The van der Waals surface area contributed by atoms with Gasteiger partial charge in [-0.25, -0.2) is 0 Å². The molecule has 0 aromatic rings. The monoisotopic (exact) mass is 284 g/mol. The van der Waals surface area contributed by atoms with Crippen LogP contribution in [0.3, 0.4) is 0 Å². The van der Waals surface area contributed by atoms with Crippen LogP contribution in [-0.2, 0) is 4.79 Å². The predicted octanol–water partition coefficient (Wildman–Crippen LogP) is 6.48. The van der Waals surface area contributed by atoms with E-state index in [1.54, 1.807) is 0 Å². The quantitative estimate of drug-likeness (QED) is 0.360. The summed E-state index contributed by atoms with van der Waals surface area (Å²) in [6.45, 7) is 4.45. The summed E-state index contributed by atoms with van der Waals surface area (Å²) in [5.74, 6) is 0. The molecule has 0 radical (unpaired) electrons. The zero-order valence-corrected chi connectivity index (χ0v) is 13.8. The van der Waals surface area contributed by atoms with Crippen molar-refractivity contribution in [2.45, 2.75) is 90.9 Å². The SMILES string of the molecule is CCCCCCCC/C=C\SC(=O)CCCCCC. The van der Waals surface area contributed by atoms with E-state index in [0.29, 0.717) is 5.12 Å². The molecule has 0 saturated heterocycles. The molecule has 0 aliphatic heterocycles. The van der Waals surface area contributed by atoms with E-state index in [1.807, 2.05) is 5.41 Å². The fourth-order valence-electron chi connectivity index (χ4n) is 1.99. The molecule has 0 saturated carbocycles. The topological polar surface area (TPSA) is 17.1 Å². The number of hydrogen-bond acceptors (Lipinski definition) is 2. The van der Waals surface area contributed by atoms with Crippen LogP contribution in [0.1, 0.15) is 90.9 Å². The molecular weight excluding hydrogens is 252 g/mol. The first-order valence-electron chi connectivity index (χ1n) is 8.15. The lowest BCUT2D eigenvalue weighted by Crippen LogP contribution is -1.89. The van der Waals surface area contributed by atoms with Gasteiger partial charge in [-0.2, -0.15) is 0 Å². The number of unbranched alkanes of at least 4 members (excludes halogenated alkanes) is 9. The number of thioether (sulfide) groups is 1. The van der Waals surface area contributed by atoms with Crippen LogP contribution in [-0.4, -0.2) is 5.12 Å². The molecule has 0 spiro atoms. The second kappa shape index (κ2) is 15.8. The van der Waals surface area contributed by atoms with E-state index < -0.39 is 0 Å². The van der Waals surface area contributed by atoms with Crippen LogP contribution in [0, 0.1) is 0 Å². The maximum Gasteiger partial charge on any atom is 0.193 e. The number of rotatable bonds is 13. The Labute approximate surface area is 124 Å². The maximum absolute atomic E-state index is 11.5. The number of carbonyl (C=O) groups excluding carboxylic acids is 1. The van der Waals surface area contributed by atoms with Gasteiger partial charge in [0.1, 0.15) is 0 Å². The number of allylic oxidation sites excluding steroid dienone is 1. The van der Waals surface area contributed by atoms with Crippen molar-refractivity contribution in [2.24, 2.45) is 0 Å². The summed E-state index contributed by atoms with van der Waals surface area (Å²) < 4.78 is 0. The lowest BCUT2D eigenvalue weighted by Gasteiger charge is -1.98. The molecule has 112 valence electrons. The average Bonchev–Trinajstić information content (AvgIpc) is 2.42. The van der Waals surface area contributed by atoms with Crippen molar-refractivity contribution >= 4 is 16.9 Å². The van der Waals surface area contributed by atoms with E-state index in [4.69, 9.17) is 0 Å². The van der Waals surface area contributed by atoms with Crippen molar-refractivity contribution < 1.29 is 4.79 Å². The van der Waals surface area contributed by atoms with Crippen LogP contribution in [0.5, 0.6) is 0 Å². The Morgan fingerprint density at radius 1 is 0.842 bits per heavy atom. The summed E-state index contributed by atoms with van der Waals surface area (Å²) in [4.78, 5) is 11.5. The molecule has 0 atom stereocenters. The third-order valence-corrected chi connectivity index (χ3v) is 4.05. The van der Waals surface area contributed by atoms with E-state index >= 15 is 0 Å². The Balaban J connectivity index is 3.25. The molecule has 0 aromatic carbocycles. The van der Waals surface area contributed by atoms with Gasteiger partial charge in [0.15, 0.2) is 5.12 Å². The van der Waals surface area contributed by atoms with Crippen molar-refractivity contribution in [3.63, 3.8) is 0 Å². The van der Waals surface area contributed by atoms with Gasteiger partial charge in [-0.1, -0.05) is 83.1 Å². The summed E-state index contributed by atoms with van der Waals surface area (Å²) in [5.41, 5.74) is 0. The van der Waals surface area contributed by atoms with Crippen molar-refractivity contribution in [3.8, 4) is 0 Å². The summed E-state index contributed by atoms with van der Waals surface area (Å²) in [6, 6.07) is 0. The fourth-order valence-corrected chi connectivity index (χ4v) is 2.64. The van der Waals surface area contributed by atoms with E-state index in [0.717, 1.165) is 19.3 Å². The zero-order valence-electron chi connectivity index (χ0n) is 13.0. The summed E-state index contributed by atoms with van der Waals surface area (Å²) in [5, 5.41) is 2.32. The number of hydrogen-bond donors (Lipinski definition) is 0. The molecule has 0 aromatic heterocycles. The molecule has 0 fully saturated rings. The second-order valence-electron chi connectivity index (χ2n) is 5.23. The van der Waals surface area contributed by atoms with Gasteiger partial charge in [0.2, 0.25) is 0 Å². The van der Waals surface area contributed by atoms with Crippen LogP contribution >= 0.6 is 11.8 Å². The molecule has 19 heavy (non-hydrogen) atoms. The molecule has 0 aliphatic rings. The molecule has 1 nitrogen and oxygen atoms in total. The molecule has 0 rings (SSSR count). The van der Waals surface area contributed by atoms with Gasteiger partial charge in [-0.05, 0) is 24.7 Å². The fraction of sp³-hybridized carbons (Fsp3) is 0.824. The Kier molecular flexibility index (Phi) is 15.6. The molecular formula is C17H32OS. The summed E-state index contributed by atoms with van der Waals surface area (Å²) >= 11 is 1.39. The molecule has 0 heterocycles. The first kappa shape index (κ1) is 18.8. The molecule has 0 unspecified atom stereocenters. The van der Waals surface area contributed by atoms with Crippen LogP contribution in [0.4, 0.5) is 0 Å². The Morgan fingerprint density at radius 3 is 2.11 bits per heavy atom. The Bertz CT molecular complexity index is 223. The van der Waals surface area contributed by atoms with Gasteiger partial charge in [0.05, 0.1) is 0 Å². The van der Waals surface area contributed by atoms with E-state index in [2.05, 4.69) is 19.9 Å². The third-order valence-electron chi connectivity index (χ3n) is 3.25. The minimum atomic E-state index is 0.329. The van der Waals surface area contributed by atoms with Crippen molar-refractivity contribution in [1.29, 1.82) is 0 Å². The van der Waals surface area contributed by atoms with Gasteiger partial charge >= 0.3 is 0 Å². The van der Waals surface area contributed by atoms with E-state index in [9.17, 15) is 4.79 Å². The first-order chi connectivity index (χ1) is 9.31.